The van der Waals surface area contributed by atoms with Crippen LogP contribution in [-0.2, 0) is 6.54 Å². The van der Waals surface area contributed by atoms with Crippen LogP contribution in [0.25, 0.3) is 5.57 Å². The zero-order valence-electron chi connectivity index (χ0n) is 17.3. The number of hydrogen-bond donors (Lipinski definition) is 2. The molecule has 2 aliphatic heterocycles. The lowest BCUT2D eigenvalue weighted by molar-refractivity contribution is 0.339. The van der Waals surface area contributed by atoms with Gasteiger partial charge in [0.2, 0.25) is 0 Å². The van der Waals surface area contributed by atoms with Crippen molar-refractivity contribution in [2.24, 2.45) is 4.99 Å². The zero-order chi connectivity index (χ0) is 20.8. The highest BCUT2D eigenvalue weighted by Gasteiger charge is 2.22. The first kappa shape index (κ1) is 20.7. The molecular formula is C23H28ClN5O. The summed E-state index contributed by atoms with van der Waals surface area (Å²) in [4.78, 5) is 11.6. The minimum atomic E-state index is 0.341. The van der Waals surface area contributed by atoms with Crippen molar-refractivity contribution in [3.63, 3.8) is 0 Å². The van der Waals surface area contributed by atoms with Gasteiger partial charge in [-0.3, -0.25) is 4.98 Å². The molecule has 7 heteroatoms. The molecule has 2 aliphatic rings. The van der Waals surface area contributed by atoms with Crippen LogP contribution in [0.5, 0.6) is 5.75 Å². The van der Waals surface area contributed by atoms with Crippen LogP contribution in [0.15, 0.2) is 53.9 Å². The molecule has 1 saturated heterocycles. The number of halogens is 1. The van der Waals surface area contributed by atoms with Gasteiger partial charge in [-0.2, -0.15) is 0 Å². The molecule has 30 heavy (non-hydrogen) atoms. The molecule has 0 atom stereocenters. The van der Waals surface area contributed by atoms with Crippen LogP contribution in [0.4, 0.5) is 0 Å². The standard InChI is InChI=1S/C23H28ClN5O/c1-2-30-22-12-17(5-6-21(22)24)15-29-16-19(18-4-3-9-26-13-18)14-27-23(29)28-20-7-10-25-11-8-20/h3-6,9,12-14,20,25H,2,7-8,10-11,15-16H2,1H3,(H,27,28). The average molecular weight is 426 g/mol. The summed E-state index contributed by atoms with van der Waals surface area (Å²) < 4.78 is 5.68. The van der Waals surface area contributed by atoms with E-state index in [-0.39, 0.29) is 0 Å². The maximum atomic E-state index is 6.28. The van der Waals surface area contributed by atoms with E-state index >= 15 is 0 Å². The number of hydrogen-bond acceptors (Lipinski definition) is 4. The summed E-state index contributed by atoms with van der Waals surface area (Å²) in [6.45, 7) is 6.07. The van der Waals surface area contributed by atoms with Crippen molar-refractivity contribution in [1.29, 1.82) is 0 Å². The molecule has 0 aliphatic carbocycles. The molecule has 1 aromatic heterocycles. The zero-order valence-corrected chi connectivity index (χ0v) is 18.0. The Kier molecular flexibility index (Phi) is 6.87. The van der Waals surface area contributed by atoms with Crippen LogP contribution in [0.3, 0.4) is 0 Å². The Hall–Kier alpha value is -2.57. The Morgan fingerprint density at radius 1 is 1.27 bits per heavy atom. The van der Waals surface area contributed by atoms with E-state index in [1.165, 1.54) is 5.57 Å². The van der Waals surface area contributed by atoms with Gasteiger partial charge in [-0.05, 0) is 67.8 Å². The van der Waals surface area contributed by atoms with Gasteiger partial charge in [-0.15, -0.1) is 0 Å². The summed E-state index contributed by atoms with van der Waals surface area (Å²) in [5.41, 5.74) is 3.43. The van der Waals surface area contributed by atoms with E-state index in [1.807, 2.05) is 31.3 Å². The summed E-state index contributed by atoms with van der Waals surface area (Å²) in [7, 11) is 0. The number of rotatable bonds is 6. The molecule has 6 nitrogen and oxygen atoms in total. The first-order chi connectivity index (χ1) is 14.7. The van der Waals surface area contributed by atoms with Crippen molar-refractivity contribution < 1.29 is 4.74 Å². The molecule has 1 fully saturated rings. The molecule has 0 radical (unpaired) electrons. The van der Waals surface area contributed by atoms with Crippen molar-refractivity contribution in [2.45, 2.75) is 32.4 Å². The predicted octanol–water partition coefficient (Wildman–Crippen LogP) is 3.69. The summed E-state index contributed by atoms with van der Waals surface area (Å²) in [6, 6.07) is 10.4. The highest BCUT2D eigenvalue weighted by molar-refractivity contribution is 6.32. The number of nitrogens with one attached hydrogen (secondary N) is 2. The third-order valence-electron chi connectivity index (χ3n) is 5.35. The average Bonchev–Trinajstić information content (AvgIpc) is 2.79. The van der Waals surface area contributed by atoms with Crippen molar-refractivity contribution in [3.05, 3.63) is 65.1 Å². The molecular weight excluding hydrogens is 398 g/mol. The Morgan fingerprint density at radius 2 is 2.13 bits per heavy atom. The second-order valence-corrected chi connectivity index (χ2v) is 7.95. The normalized spacial score (nSPS) is 18.8. The summed E-state index contributed by atoms with van der Waals surface area (Å²) in [5, 5.41) is 7.49. The Labute approximate surface area is 183 Å². The smallest absolute Gasteiger partial charge is 0.198 e. The van der Waals surface area contributed by atoms with Crippen LogP contribution in [0, 0.1) is 0 Å². The number of ether oxygens (including phenoxy) is 1. The second-order valence-electron chi connectivity index (χ2n) is 7.54. The van der Waals surface area contributed by atoms with Gasteiger partial charge in [0.05, 0.1) is 17.7 Å². The lowest BCUT2D eigenvalue weighted by atomic mass is 10.1. The molecule has 1 aromatic carbocycles. The van der Waals surface area contributed by atoms with E-state index < -0.39 is 0 Å². The molecule has 158 valence electrons. The topological polar surface area (TPSA) is 61.8 Å². The molecule has 2 N–H and O–H groups in total. The van der Waals surface area contributed by atoms with Gasteiger partial charge in [0, 0.05) is 31.7 Å². The van der Waals surface area contributed by atoms with Gasteiger partial charge >= 0.3 is 0 Å². The second kappa shape index (κ2) is 9.96. The van der Waals surface area contributed by atoms with E-state index in [1.54, 1.807) is 6.20 Å². The maximum absolute atomic E-state index is 6.28. The fourth-order valence-corrected chi connectivity index (χ4v) is 3.96. The fraction of sp³-hybridized carbons (Fsp3) is 0.391. The van der Waals surface area contributed by atoms with Gasteiger partial charge in [-0.25, -0.2) is 4.99 Å². The lowest BCUT2D eigenvalue weighted by Crippen LogP contribution is -2.44. The van der Waals surface area contributed by atoms with E-state index in [0.29, 0.717) is 24.2 Å². The van der Waals surface area contributed by atoms with Gasteiger partial charge in [0.25, 0.3) is 0 Å². The lowest BCUT2D eigenvalue weighted by Gasteiger charge is -2.33. The van der Waals surface area contributed by atoms with Crippen molar-refractivity contribution in [3.8, 4) is 5.75 Å². The third-order valence-corrected chi connectivity index (χ3v) is 5.66. The fourth-order valence-electron chi connectivity index (χ4n) is 3.79. The molecule has 0 unspecified atom stereocenters. The number of nitrogens with zero attached hydrogens (tertiary/aromatic N) is 3. The number of aliphatic imine (C=N–C) groups is 1. The van der Waals surface area contributed by atoms with Crippen LogP contribution >= 0.6 is 11.6 Å². The number of pyridine rings is 1. The molecule has 0 bridgehead atoms. The minimum Gasteiger partial charge on any atom is -0.492 e. The quantitative estimate of drug-likeness (QED) is 0.739. The molecule has 2 aromatic rings. The highest BCUT2D eigenvalue weighted by atomic mass is 35.5. The van der Waals surface area contributed by atoms with Crippen LogP contribution in [-0.4, -0.2) is 48.1 Å². The first-order valence-electron chi connectivity index (χ1n) is 10.5. The number of benzene rings is 1. The summed E-state index contributed by atoms with van der Waals surface area (Å²) >= 11 is 6.28. The predicted molar refractivity (Wildman–Crippen MR) is 122 cm³/mol. The van der Waals surface area contributed by atoms with Crippen LogP contribution in [0.2, 0.25) is 5.02 Å². The van der Waals surface area contributed by atoms with E-state index in [4.69, 9.17) is 21.3 Å². The minimum absolute atomic E-state index is 0.341. The largest absolute Gasteiger partial charge is 0.492 e. The first-order valence-corrected chi connectivity index (χ1v) is 10.9. The van der Waals surface area contributed by atoms with Crippen molar-refractivity contribution in [1.82, 2.24) is 20.5 Å². The maximum Gasteiger partial charge on any atom is 0.198 e. The highest BCUT2D eigenvalue weighted by Crippen LogP contribution is 2.27. The summed E-state index contributed by atoms with van der Waals surface area (Å²) in [5.74, 6) is 1.64. The Balaban J connectivity index is 1.59. The molecule has 0 saturated carbocycles. The third kappa shape index (κ3) is 5.12. The SMILES string of the molecule is CCOc1cc(CN2CC(c3cccnc3)=CNC2=NC2CCNCC2)ccc1Cl. The Morgan fingerprint density at radius 3 is 2.90 bits per heavy atom. The van der Waals surface area contributed by atoms with E-state index in [0.717, 1.165) is 55.3 Å². The van der Waals surface area contributed by atoms with Crippen molar-refractivity contribution in [2.75, 3.05) is 26.2 Å². The Bertz CT molecular complexity index is 909. The monoisotopic (exact) mass is 425 g/mol. The summed E-state index contributed by atoms with van der Waals surface area (Å²) in [6.07, 6.45) is 7.88. The van der Waals surface area contributed by atoms with Gasteiger partial charge in [0.15, 0.2) is 5.96 Å². The number of piperidine rings is 1. The van der Waals surface area contributed by atoms with Gasteiger partial charge in [-0.1, -0.05) is 23.7 Å². The van der Waals surface area contributed by atoms with Crippen LogP contribution < -0.4 is 15.4 Å². The molecule has 3 heterocycles. The number of guanidine groups is 1. The molecule has 4 rings (SSSR count). The van der Waals surface area contributed by atoms with Gasteiger partial charge in [0.1, 0.15) is 5.75 Å². The molecule has 0 amide bonds. The van der Waals surface area contributed by atoms with Crippen molar-refractivity contribution >= 4 is 23.1 Å². The number of aromatic nitrogens is 1. The molecule has 0 spiro atoms. The van der Waals surface area contributed by atoms with Crippen LogP contribution in [0.1, 0.15) is 30.9 Å². The van der Waals surface area contributed by atoms with E-state index in [9.17, 15) is 0 Å². The van der Waals surface area contributed by atoms with E-state index in [2.05, 4.69) is 38.9 Å². The van der Waals surface area contributed by atoms with Gasteiger partial charge < -0.3 is 20.3 Å².